The quantitative estimate of drug-likeness (QED) is 0.822. The SMILES string of the molecule is COc1ccc(CNCc2ccc[nH]2)c(OC)c1. The van der Waals surface area contributed by atoms with Crippen molar-refractivity contribution in [3.05, 3.63) is 47.8 Å². The maximum atomic E-state index is 5.35. The largest absolute Gasteiger partial charge is 0.497 e. The molecule has 1 aromatic carbocycles. The van der Waals surface area contributed by atoms with Gasteiger partial charge in [-0.15, -0.1) is 0 Å². The zero-order chi connectivity index (χ0) is 12.8. The van der Waals surface area contributed by atoms with Gasteiger partial charge in [-0.05, 0) is 18.2 Å². The van der Waals surface area contributed by atoms with Gasteiger partial charge in [0.05, 0.1) is 14.2 Å². The van der Waals surface area contributed by atoms with E-state index in [-0.39, 0.29) is 0 Å². The molecule has 0 unspecified atom stereocenters. The van der Waals surface area contributed by atoms with Crippen LogP contribution < -0.4 is 14.8 Å². The Bertz CT molecular complexity index is 481. The van der Waals surface area contributed by atoms with Gasteiger partial charge in [0.1, 0.15) is 11.5 Å². The summed E-state index contributed by atoms with van der Waals surface area (Å²) in [4.78, 5) is 3.16. The lowest BCUT2D eigenvalue weighted by molar-refractivity contribution is 0.389. The molecule has 18 heavy (non-hydrogen) atoms. The average molecular weight is 246 g/mol. The predicted molar refractivity (Wildman–Crippen MR) is 70.9 cm³/mol. The zero-order valence-corrected chi connectivity index (χ0v) is 10.7. The van der Waals surface area contributed by atoms with Crippen molar-refractivity contribution < 1.29 is 9.47 Å². The molecular formula is C14H18N2O2. The number of H-pyrrole nitrogens is 1. The summed E-state index contributed by atoms with van der Waals surface area (Å²) in [6.07, 6.45) is 1.92. The van der Waals surface area contributed by atoms with Crippen molar-refractivity contribution in [1.29, 1.82) is 0 Å². The molecule has 96 valence electrons. The molecule has 0 spiro atoms. The molecule has 0 radical (unpaired) electrons. The summed E-state index contributed by atoms with van der Waals surface area (Å²) in [6, 6.07) is 9.89. The highest BCUT2D eigenvalue weighted by Crippen LogP contribution is 2.24. The van der Waals surface area contributed by atoms with Gasteiger partial charge < -0.3 is 19.8 Å². The van der Waals surface area contributed by atoms with Crippen LogP contribution in [-0.4, -0.2) is 19.2 Å². The molecule has 2 N–H and O–H groups in total. The number of benzene rings is 1. The molecule has 0 saturated heterocycles. The third kappa shape index (κ3) is 3.05. The van der Waals surface area contributed by atoms with Crippen molar-refractivity contribution in [2.75, 3.05) is 14.2 Å². The lowest BCUT2D eigenvalue weighted by atomic mass is 10.2. The molecule has 2 rings (SSSR count). The molecule has 2 aromatic rings. The molecule has 0 saturated carbocycles. The second-order valence-electron chi connectivity index (χ2n) is 3.98. The first kappa shape index (κ1) is 12.5. The first-order valence-electron chi connectivity index (χ1n) is 5.87. The van der Waals surface area contributed by atoms with Crippen LogP contribution in [0.5, 0.6) is 11.5 Å². The van der Waals surface area contributed by atoms with Gasteiger partial charge in [-0.25, -0.2) is 0 Å². The molecule has 4 heteroatoms. The maximum Gasteiger partial charge on any atom is 0.127 e. The van der Waals surface area contributed by atoms with Crippen molar-refractivity contribution in [1.82, 2.24) is 10.3 Å². The van der Waals surface area contributed by atoms with E-state index in [2.05, 4.69) is 16.4 Å². The third-order valence-electron chi connectivity index (χ3n) is 2.79. The van der Waals surface area contributed by atoms with Gasteiger partial charge in [-0.3, -0.25) is 0 Å². The van der Waals surface area contributed by atoms with Crippen LogP contribution in [0.4, 0.5) is 0 Å². The van der Waals surface area contributed by atoms with Crippen LogP contribution in [0.25, 0.3) is 0 Å². The van der Waals surface area contributed by atoms with E-state index in [4.69, 9.17) is 9.47 Å². The Morgan fingerprint density at radius 2 is 2.00 bits per heavy atom. The molecule has 4 nitrogen and oxygen atoms in total. The second-order valence-corrected chi connectivity index (χ2v) is 3.98. The molecule has 0 aliphatic carbocycles. The van der Waals surface area contributed by atoms with Crippen LogP contribution in [0.1, 0.15) is 11.3 Å². The van der Waals surface area contributed by atoms with E-state index in [0.717, 1.165) is 30.2 Å². The monoisotopic (exact) mass is 246 g/mol. The van der Waals surface area contributed by atoms with Gasteiger partial charge in [0.25, 0.3) is 0 Å². The van der Waals surface area contributed by atoms with Crippen molar-refractivity contribution in [3.8, 4) is 11.5 Å². The summed E-state index contributed by atoms with van der Waals surface area (Å²) in [5.41, 5.74) is 2.28. The fourth-order valence-corrected chi connectivity index (χ4v) is 1.81. The Kier molecular flexibility index (Phi) is 4.25. The Balaban J connectivity index is 1.96. The van der Waals surface area contributed by atoms with E-state index in [9.17, 15) is 0 Å². The number of methoxy groups -OCH3 is 2. The van der Waals surface area contributed by atoms with Crippen LogP contribution in [0.2, 0.25) is 0 Å². The number of hydrogen-bond donors (Lipinski definition) is 2. The zero-order valence-electron chi connectivity index (χ0n) is 10.7. The van der Waals surface area contributed by atoms with E-state index in [1.54, 1.807) is 14.2 Å². The highest BCUT2D eigenvalue weighted by Gasteiger charge is 2.04. The van der Waals surface area contributed by atoms with Gasteiger partial charge in [-0.2, -0.15) is 0 Å². The minimum Gasteiger partial charge on any atom is -0.497 e. The minimum absolute atomic E-state index is 0.756. The molecule has 0 atom stereocenters. The predicted octanol–water partition coefficient (Wildman–Crippen LogP) is 2.32. The molecule has 1 aromatic heterocycles. The highest BCUT2D eigenvalue weighted by molar-refractivity contribution is 5.40. The van der Waals surface area contributed by atoms with Crippen molar-refractivity contribution in [3.63, 3.8) is 0 Å². The van der Waals surface area contributed by atoms with Gasteiger partial charge in [0.2, 0.25) is 0 Å². The smallest absolute Gasteiger partial charge is 0.127 e. The van der Waals surface area contributed by atoms with Crippen molar-refractivity contribution >= 4 is 0 Å². The highest BCUT2D eigenvalue weighted by atomic mass is 16.5. The summed E-state index contributed by atoms with van der Waals surface area (Å²) >= 11 is 0. The molecule has 0 aliphatic rings. The summed E-state index contributed by atoms with van der Waals surface area (Å²) in [5.74, 6) is 1.65. The lowest BCUT2D eigenvalue weighted by Crippen LogP contribution is -2.13. The number of ether oxygens (including phenoxy) is 2. The van der Waals surface area contributed by atoms with Gasteiger partial charge in [0, 0.05) is 36.6 Å². The van der Waals surface area contributed by atoms with E-state index in [1.807, 2.05) is 30.5 Å². The molecule has 0 aliphatic heterocycles. The van der Waals surface area contributed by atoms with Gasteiger partial charge >= 0.3 is 0 Å². The minimum atomic E-state index is 0.756. The molecule has 1 heterocycles. The van der Waals surface area contributed by atoms with Gasteiger partial charge in [0.15, 0.2) is 0 Å². The number of rotatable bonds is 6. The third-order valence-corrected chi connectivity index (χ3v) is 2.79. The van der Waals surface area contributed by atoms with Crippen LogP contribution in [0.15, 0.2) is 36.5 Å². The molecule has 0 fully saturated rings. The molecule has 0 amide bonds. The number of aromatic nitrogens is 1. The van der Waals surface area contributed by atoms with E-state index in [1.165, 1.54) is 5.69 Å². The Hall–Kier alpha value is -1.94. The molecular weight excluding hydrogens is 228 g/mol. The number of nitrogens with one attached hydrogen (secondary N) is 2. The van der Waals surface area contributed by atoms with Crippen LogP contribution in [0.3, 0.4) is 0 Å². The van der Waals surface area contributed by atoms with Crippen molar-refractivity contribution in [2.45, 2.75) is 13.1 Å². The summed E-state index contributed by atoms with van der Waals surface area (Å²) < 4.78 is 10.5. The first-order valence-corrected chi connectivity index (χ1v) is 5.87. The standard InChI is InChI=1S/C14H18N2O2/c1-17-13-6-5-11(14(8-13)18-2)9-15-10-12-4-3-7-16-12/h3-8,15-16H,9-10H2,1-2H3. The van der Waals surface area contributed by atoms with Crippen LogP contribution in [0, 0.1) is 0 Å². The van der Waals surface area contributed by atoms with Crippen molar-refractivity contribution in [2.24, 2.45) is 0 Å². The Morgan fingerprint density at radius 1 is 1.11 bits per heavy atom. The maximum absolute atomic E-state index is 5.35. The average Bonchev–Trinajstić information content (AvgIpc) is 2.92. The summed E-state index contributed by atoms with van der Waals surface area (Å²) in [6.45, 7) is 1.56. The lowest BCUT2D eigenvalue weighted by Gasteiger charge is -2.11. The fraction of sp³-hybridized carbons (Fsp3) is 0.286. The topological polar surface area (TPSA) is 46.3 Å². The summed E-state index contributed by atoms with van der Waals surface area (Å²) in [7, 11) is 3.32. The Morgan fingerprint density at radius 3 is 2.67 bits per heavy atom. The summed E-state index contributed by atoms with van der Waals surface area (Å²) in [5, 5.41) is 3.36. The van der Waals surface area contributed by atoms with E-state index in [0.29, 0.717) is 0 Å². The number of hydrogen-bond acceptors (Lipinski definition) is 3. The first-order chi connectivity index (χ1) is 8.83. The van der Waals surface area contributed by atoms with E-state index < -0.39 is 0 Å². The van der Waals surface area contributed by atoms with Crippen LogP contribution >= 0.6 is 0 Å². The Labute approximate surface area is 107 Å². The van der Waals surface area contributed by atoms with Gasteiger partial charge in [-0.1, -0.05) is 6.07 Å². The second kappa shape index (κ2) is 6.12. The van der Waals surface area contributed by atoms with E-state index >= 15 is 0 Å². The fourth-order valence-electron chi connectivity index (χ4n) is 1.81. The van der Waals surface area contributed by atoms with Crippen LogP contribution in [-0.2, 0) is 13.1 Å². The molecule has 0 bridgehead atoms. The number of aromatic amines is 1. The normalized spacial score (nSPS) is 10.3.